The minimum absolute atomic E-state index is 0.0421. The van der Waals surface area contributed by atoms with Crippen LogP contribution in [0.3, 0.4) is 0 Å². The molecule has 6 aromatic carbocycles. The molecule has 9 rings (SSSR count). The molecule has 1 aromatic heterocycles. The Bertz CT molecular complexity index is 2940. The summed E-state index contributed by atoms with van der Waals surface area (Å²) >= 11 is 0. The molecule has 1 aliphatic carbocycles. The first kappa shape index (κ1) is 46.9. The Morgan fingerprint density at radius 2 is 1.01 bits per heavy atom. The summed E-state index contributed by atoms with van der Waals surface area (Å²) in [5, 5.41) is 0.401. The van der Waals surface area contributed by atoms with Crippen molar-refractivity contribution in [2.45, 2.75) is 75.5 Å². The van der Waals surface area contributed by atoms with Crippen LogP contribution in [0.2, 0.25) is 0 Å². The van der Waals surface area contributed by atoms with Crippen LogP contribution in [0.25, 0.3) is 11.0 Å². The minimum Gasteiger partial charge on any atom is -0.484 e. The van der Waals surface area contributed by atoms with Crippen LogP contribution >= 0.6 is 0 Å². The average molecular weight is 945 g/mol. The van der Waals surface area contributed by atoms with E-state index in [9.17, 15) is 24.0 Å². The molecule has 1 aliphatic heterocycles. The zero-order valence-corrected chi connectivity index (χ0v) is 37.8. The lowest BCUT2D eigenvalue weighted by Gasteiger charge is -2.44. The quantitative estimate of drug-likeness (QED) is 0.0509. The van der Waals surface area contributed by atoms with E-state index in [1.165, 1.54) is 42.5 Å². The highest BCUT2D eigenvalue weighted by molar-refractivity contribution is 5.92. The molecule has 7 aromatic rings. The highest BCUT2D eigenvalue weighted by Crippen LogP contribution is 2.39. The van der Waals surface area contributed by atoms with Gasteiger partial charge in [-0.1, -0.05) is 110 Å². The van der Waals surface area contributed by atoms with Gasteiger partial charge in [0, 0.05) is 6.07 Å². The van der Waals surface area contributed by atoms with E-state index in [-0.39, 0.29) is 57.8 Å². The van der Waals surface area contributed by atoms with Crippen LogP contribution in [0.4, 0.5) is 0 Å². The molecule has 1 saturated heterocycles. The number of esters is 4. The number of carbonyl (C=O) groups excluding carboxylic acids is 4. The van der Waals surface area contributed by atoms with E-state index in [4.69, 9.17) is 42.3 Å². The molecule has 0 N–H and O–H groups in total. The molecule has 0 unspecified atom stereocenters. The Hall–Kier alpha value is -8.23. The standard InChI is InChI=1S/C56H48O14/c57-51(37-21-9-2-10-22-37)63-35-45-47(68-52(58)38-23-11-3-12-24-38)48(69-53(59)39-25-13-4-14-26-39)50(70-54(60)40-27-15-5-16-28-40)56(67-45)65-42-31-32-43-44(33-42)66-55(61)49(64-41-29-17-6-18-30-41)46(43)62-34-36-19-7-1-8-20-36/h1-5,7-16,19-28,31-33,41,45,47-48,50,56H,6,17-18,29-30,34-35H2/t45-,47-,48+,50-,56-/m1/s1. The normalized spacial score (nSPS) is 19.0. The molecule has 1 saturated carbocycles. The Balaban J connectivity index is 1.12. The number of ether oxygens (including phenoxy) is 8. The smallest absolute Gasteiger partial charge is 0.383 e. The molecule has 14 nitrogen and oxygen atoms in total. The van der Waals surface area contributed by atoms with E-state index in [1.807, 2.05) is 30.3 Å². The van der Waals surface area contributed by atoms with Gasteiger partial charge in [0.1, 0.15) is 30.7 Å². The van der Waals surface area contributed by atoms with Gasteiger partial charge in [-0.3, -0.25) is 0 Å². The summed E-state index contributed by atoms with van der Waals surface area (Å²) in [6.07, 6.45) is -3.63. The van der Waals surface area contributed by atoms with E-state index >= 15 is 0 Å². The third-order valence-electron chi connectivity index (χ3n) is 11.8. The largest absolute Gasteiger partial charge is 0.484 e. The fourth-order valence-corrected chi connectivity index (χ4v) is 8.29. The molecule has 2 heterocycles. The van der Waals surface area contributed by atoms with Gasteiger partial charge >= 0.3 is 29.5 Å². The lowest BCUT2D eigenvalue weighted by molar-refractivity contribution is -0.275. The van der Waals surface area contributed by atoms with Crippen LogP contribution in [0.15, 0.2) is 179 Å². The summed E-state index contributed by atoms with van der Waals surface area (Å²) in [7, 11) is 0. The fraction of sp³-hybridized carbons (Fsp3) is 0.232. The number of hydrogen-bond donors (Lipinski definition) is 0. The second kappa shape index (κ2) is 22.3. The number of fused-ring (bicyclic) bond motifs is 1. The molecule has 0 bridgehead atoms. The molecular weight excluding hydrogens is 897 g/mol. The van der Waals surface area contributed by atoms with Crippen molar-refractivity contribution in [3.05, 3.63) is 208 Å². The molecule has 2 fully saturated rings. The summed E-state index contributed by atoms with van der Waals surface area (Å²) in [6.45, 7) is -0.435. The number of hydrogen-bond acceptors (Lipinski definition) is 14. The lowest BCUT2D eigenvalue weighted by atomic mass is 9.97. The van der Waals surface area contributed by atoms with Gasteiger partial charge in [-0.15, -0.1) is 0 Å². The third kappa shape index (κ3) is 11.4. The van der Waals surface area contributed by atoms with Gasteiger partial charge in [-0.2, -0.15) is 0 Å². The van der Waals surface area contributed by atoms with Crippen LogP contribution < -0.4 is 19.8 Å². The maximum atomic E-state index is 14.1. The van der Waals surface area contributed by atoms with Crippen molar-refractivity contribution >= 4 is 34.8 Å². The van der Waals surface area contributed by atoms with Crippen molar-refractivity contribution in [1.29, 1.82) is 0 Å². The molecule has 5 atom stereocenters. The van der Waals surface area contributed by atoms with Gasteiger partial charge in [0.05, 0.1) is 33.7 Å². The van der Waals surface area contributed by atoms with Gasteiger partial charge in [0.25, 0.3) is 0 Å². The Morgan fingerprint density at radius 1 is 0.514 bits per heavy atom. The average Bonchev–Trinajstić information content (AvgIpc) is 3.41. The highest BCUT2D eigenvalue weighted by Gasteiger charge is 2.54. The predicted molar refractivity (Wildman–Crippen MR) is 254 cm³/mol. The van der Waals surface area contributed by atoms with Gasteiger partial charge in [0.2, 0.25) is 18.1 Å². The van der Waals surface area contributed by atoms with Crippen molar-refractivity contribution in [2.75, 3.05) is 6.61 Å². The Kier molecular flexibility index (Phi) is 14.9. The van der Waals surface area contributed by atoms with Crippen LogP contribution in [0, 0.1) is 0 Å². The number of benzene rings is 6. The Labute approximate surface area is 402 Å². The SMILES string of the molecule is O=C(OC[C@H]1O[C@@H](Oc2ccc3c(OCc4ccccc4)c(OC4CCCCC4)c(=O)oc3c2)[C@H](OC(=O)c2ccccc2)[C@@H](OC(=O)c2ccccc2)[C@@H]1OC(=O)c1ccccc1)c1ccccc1. The number of carbonyl (C=O) groups is 4. The third-order valence-corrected chi connectivity index (χ3v) is 11.8. The summed E-state index contributed by atoms with van der Waals surface area (Å²) in [5.41, 5.74) is 0.779. The molecule has 70 heavy (non-hydrogen) atoms. The van der Waals surface area contributed by atoms with E-state index in [2.05, 4.69) is 0 Å². The molecule has 2 aliphatic rings. The van der Waals surface area contributed by atoms with Gasteiger partial charge in [0.15, 0.2) is 18.0 Å². The monoisotopic (exact) mass is 944 g/mol. The van der Waals surface area contributed by atoms with Gasteiger partial charge in [-0.25, -0.2) is 24.0 Å². The van der Waals surface area contributed by atoms with Crippen LogP contribution in [-0.2, 0) is 30.3 Å². The molecule has 356 valence electrons. The summed E-state index contributed by atoms with van der Waals surface area (Å²) in [4.78, 5) is 69.5. The fourth-order valence-electron chi connectivity index (χ4n) is 8.29. The molecule has 14 heteroatoms. The highest BCUT2D eigenvalue weighted by atomic mass is 16.7. The minimum atomic E-state index is -1.67. The first-order chi connectivity index (χ1) is 34.3. The number of rotatable bonds is 16. The van der Waals surface area contributed by atoms with Crippen molar-refractivity contribution in [2.24, 2.45) is 0 Å². The second-order valence-corrected chi connectivity index (χ2v) is 16.7. The van der Waals surface area contributed by atoms with Crippen LogP contribution in [0.1, 0.15) is 79.1 Å². The van der Waals surface area contributed by atoms with Crippen LogP contribution in [0.5, 0.6) is 17.2 Å². The molecule has 0 amide bonds. The lowest BCUT2D eigenvalue weighted by Crippen LogP contribution is -2.63. The maximum absolute atomic E-state index is 14.1. The maximum Gasteiger partial charge on any atom is 0.383 e. The van der Waals surface area contributed by atoms with Crippen LogP contribution in [-0.4, -0.2) is 67.3 Å². The zero-order chi connectivity index (χ0) is 48.2. The topological polar surface area (TPSA) is 172 Å². The van der Waals surface area contributed by atoms with E-state index in [0.29, 0.717) is 5.39 Å². The first-order valence-corrected chi connectivity index (χ1v) is 23.0. The Morgan fingerprint density at radius 3 is 1.57 bits per heavy atom. The van der Waals surface area contributed by atoms with Crippen molar-refractivity contribution < 1.29 is 61.5 Å². The van der Waals surface area contributed by atoms with Crippen molar-refractivity contribution in [3.63, 3.8) is 0 Å². The van der Waals surface area contributed by atoms with Crippen molar-refractivity contribution in [1.82, 2.24) is 0 Å². The molecule has 0 radical (unpaired) electrons. The van der Waals surface area contributed by atoms with Gasteiger partial charge < -0.3 is 42.3 Å². The van der Waals surface area contributed by atoms with E-state index < -0.39 is 66.8 Å². The summed E-state index contributed by atoms with van der Waals surface area (Å²) in [5.74, 6) is -3.11. The molecular formula is C56H48O14. The van der Waals surface area contributed by atoms with Gasteiger partial charge in [-0.05, 0) is 91.9 Å². The second-order valence-electron chi connectivity index (χ2n) is 16.7. The molecule has 0 spiro atoms. The predicted octanol–water partition coefficient (Wildman–Crippen LogP) is 9.72. The summed E-state index contributed by atoms with van der Waals surface area (Å²) in [6, 6.07) is 46.5. The summed E-state index contributed by atoms with van der Waals surface area (Å²) < 4.78 is 56.0. The van der Waals surface area contributed by atoms with E-state index in [0.717, 1.165) is 37.7 Å². The van der Waals surface area contributed by atoms with Crippen molar-refractivity contribution in [3.8, 4) is 17.2 Å². The van der Waals surface area contributed by atoms with E-state index in [1.54, 1.807) is 97.1 Å². The zero-order valence-electron chi connectivity index (χ0n) is 37.8. The first-order valence-electron chi connectivity index (χ1n) is 23.0.